The van der Waals surface area contributed by atoms with Gasteiger partial charge in [0.15, 0.2) is 0 Å². The molecule has 0 fully saturated rings. The molecule has 1 aromatic carbocycles. The highest BCUT2D eigenvalue weighted by Crippen LogP contribution is 2.23. The normalized spacial score (nSPS) is 12.1. The summed E-state index contributed by atoms with van der Waals surface area (Å²) >= 11 is 0. The van der Waals surface area contributed by atoms with Crippen molar-refractivity contribution in [1.29, 1.82) is 0 Å². The summed E-state index contributed by atoms with van der Waals surface area (Å²) in [6, 6.07) is 10.1. The zero-order valence-corrected chi connectivity index (χ0v) is 20.1. The highest BCUT2D eigenvalue weighted by molar-refractivity contribution is 5.91. The first-order valence-corrected chi connectivity index (χ1v) is 12.2. The van der Waals surface area contributed by atoms with Gasteiger partial charge in [-0.3, -0.25) is 0 Å². The lowest BCUT2D eigenvalue weighted by atomic mass is 9.93. The molecule has 0 saturated heterocycles. The number of carbonyl (C=O) groups excluding carboxylic acids is 2. The van der Waals surface area contributed by atoms with Crippen LogP contribution in [0.15, 0.2) is 42.5 Å². The summed E-state index contributed by atoms with van der Waals surface area (Å²) in [4.78, 5) is 23.6. The minimum absolute atomic E-state index is 0.259. The summed E-state index contributed by atoms with van der Waals surface area (Å²) in [6.45, 7) is 3.57. The fourth-order valence-electron chi connectivity index (χ4n) is 3.58. The van der Waals surface area contributed by atoms with Crippen LogP contribution in [-0.2, 0) is 23.8 Å². The number of hydrogen-bond acceptors (Lipinski definition) is 5. The summed E-state index contributed by atoms with van der Waals surface area (Å²) in [5, 5.41) is 0. The lowest BCUT2D eigenvalue weighted by Crippen LogP contribution is -2.10. The smallest absolute Gasteiger partial charge is 0.331 e. The maximum absolute atomic E-state index is 11.9. The largest absolute Gasteiger partial charge is 0.463 e. The van der Waals surface area contributed by atoms with Crippen LogP contribution in [0.4, 0.5) is 0 Å². The van der Waals surface area contributed by atoms with Crippen LogP contribution in [0.2, 0.25) is 0 Å². The molecule has 0 N–H and O–H groups in total. The molecule has 0 spiro atoms. The van der Waals surface area contributed by atoms with Crippen LogP contribution >= 0.6 is 0 Å². The Morgan fingerprint density at radius 1 is 0.750 bits per heavy atom. The number of unbranched alkanes of at least 4 members (excludes halogenated alkanes) is 8. The van der Waals surface area contributed by atoms with Crippen molar-refractivity contribution in [2.24, 2.45) is 0 Å². The molecule has 32 heavy (non-hydrogen) atoms. The Hall–Kier alpha value is -2.14. The van der Waals surface area contributed by atoms with Gasteiger partial charge in [0.25, 0.3) is 0 Å². The molecule has 1 atom stereocenters. The molecule has 180 valence electrons. The topological polar surface area (TPSA) is 61.8 Å². The van der Waals surface area contributed by atoms with E-state index in [1.807, 2.05) is 18.2 Å². The van der Waals surface area contributed by atoms with Gasteiger partial charge in [-0.15, -0.1) is 0 Å². The predicted molar refractivity (Wildman–Crippen MR) is 129 cm³/mol. The van der Waals surface area contributed by atoms with Gasteiger partial charge in [0, 0.05) is 25.9 Å². The number of hydrogen-bond donors (Lipinski definition) is 0. The Morgan fingerprint density at radius 3 is 1.88 bits per heavy atom. The molecule has 0 aliphatic heterocycles. The van der Waals surface area contributed by atoms with Gasteiger partial charge in [-0.2, -0.15) is 0 Å². The standard InChI is InChI=1S/C27H42O5/c1-3-4-5-6-7-8-9-10-14-21-31-26(28)17-18-27(29)32-23-20-25(19-22-30-2)24-15-12-11-13-16-24/h11-13,15-18,25H,3-10,14,19-23H2,1-2H3/b18-17+. The van der Waals surface area contributed by atoms with Crippen LogP contribution in [0.3, 0.4) is 0 Å². The highest BCUT2D eigenvalue weighted by Gasteiger charge is 2.12. The quantitative estimate of drug-likeness (QED) is 0.140. The second-order valence-corrected chi connectivity index (χ2v) is 8.17. The fourth-order valence-corrected chi connectivity index (χ4v) is 3.58. The van der Waals surface area contributed by atoms with E-state index in [2.05, 4.69) is 19.1 Å². The number of esters is 2. The van der Waals surface area contributed by atoms with E-state index in [0.29, 0.717) is 26.2 Å². The van der Waals surface area contributed by atoms with Crippen LogP contribution in [0, 0.1) is 0 Å². The summed E-state index contributed by atoms with van der Waals surface area (Å²) < 4.78 is 15.6. The highest BCUT2D eigenvalue weighted by atomic mass is 16.5. The Kier molecular flexibility index (Phi) is 17.0. The Bertz CT molecular complexity index is 626. The Labute approximate surface area is 194 Å². The lowest BCUT2D eigenvalue weighted by Gasteiger charge is -2.16. The monoisotopic (exact) mass is 446 g/mol. The predicted octanol–water partition coefficient (Wildman–Crippen LogP) is 6.37. The van der Waals surface area contributed by atoms with Gasteiger partial charge in [-0.05, 0) is 30.7 Å². The van der Waals surface area contributed by atoms with E-state index in [4.69, 9.17) is 14.2 Å². The molecule has 5 nitrogen and oxygen atoms in total. The van der Waals surface area contributed by atoms with E-state index < -0.39 is 11.9 Å². The van der Waals surface area contributed by atoms with Crippen molar-refractivity contribution in [1.82, 2.24) is 0 Å². The lowest BCUT2D eigenvalue weighted by molar-refractivity contribution is -0.140. The molecule has 1 aromatic rings. The Morgan fingerprint density at radius 2 is 1.28 bits per heavy atom. The van der Waals surface area contributed by atoms with Crippen molar-refractivity contribution in [2.75, 3.05) is 26.9 Å². The Balaban J connectivity index is 2.13. The van der Waals surface area contributed by atoms with Crippen molar-refractivity contribution in [3.8, 4) is 0 Å². The average Bonchev–Trinajstić information content (AvgIpc) is 2.81. The molecule has 0 radical (unpaired) electrons. The van der Waals surface area contributed by atoms with Crippen LogP contribution in [-0.4, -0.2) is 38.9 Å². The van der Waals surface area contributed by atoms with Crippen molar-refractivity contribution >= 4 is 11.9 Å². The molecule has 0 aliphatic carbocycles. The number of carbonyl (C=O) groups is 2. The SMILES string of the molecule is CCCCCCCCCCCOC(=O)/C=C/C(=O)OCCC(CCOC)c1ccccc1. The first kappa shape index (κ1) is 27.9. The maximum Gasteiger partial charge on any atom is 0.331 e. The van der Waals surface area contributed by atoms with E-state index in [-0.39, 0.29) is 5.92 Å². The third-order valence-corrected chi connectivity index (χ3v) is 5.50. The van der Waals surface area contributed by atoms with Crippen molar-refractivity contribution in [2.45, 2.75) is 83.5 Å². The summed E-state index contributed by atoms with van der Waals surface area (Å²) in [5.74, 6) is -0.762. The van der Waals surface area contributed by atoms with Gasteiger partial charge in [-0.1, -0.05) is 88.6 Å². The minimum Gasteiger partial charge on any atom is -0.463 e. The van der Waals surface area contributed by atoms with Gasteiger partial charge in [0.1, 0.15) is 0 Å². The van der Waals surface area contributed by atoms with Crippen LogP contribution in [0.1, 0.15) is 89.0 Å². The minimum atomic E-state index is -0.524. The molecule has 5 heteroatoms. The van der Waals surface area contributed by atoms with Crippen molar-refractivity contribution in [3.63, 3.8) is 0 Å². The molecule has 1 unspecified atom stereocenters. The summed E-state index contributed by atoms with van der Waals surface area (Å²) in [5.41, 5.74) is 1.20. The zero-order chi connectivity index (χ0) is 23.3. The summed E-state index contributed by atoms with van der Waals surface area (Å²) in [7, 11) is 1.68. The molecular formula is C27H42O5. The van der Waals surface area contributed by atoms with Gasteiger partial charge in [0.2, 0.25) is 0 Å². The zero-order valence-electron chi connectivity index (χ0n) is 20.1. The number of methoxy groups -OCH3 is 1. The van der Waals surface area contributed by atoms with Crippen molar-refractivity contribution in [3.05, 3.63) is 48.0 Å². The molecule has 0 heterocycles. The van der Waals surface area contributed by atoms with E-state index in [0.717, 1.165) is 31.4 Å². The maximum atomic E-state index is 11.9. The second-order valence-electron chi connectivity index (χ2n) is 8.17. The van der Waals surface area contributed by atoms with E-state index in [9.17, 15) is 9.59 Å². The third-order valence-electron chi connectivity index (χ3n) is 5.50. The second kappa shape index (κ2) is 19.5. The first-order chi connectivity index (χ1) is 15.7. The molecule has 0 aromatic heterocycles. The van der Waals surface area contributed by atoms with Crippen LogP contribution in [0.5, 0.6) is 0 Å². The number of ether oxygens (including phenoxy) is 3. The van der Waals surface area contributed by atoms with Gasteiger partial charge in [-0.25, -0.2) is 9.59 Å². The van der Waals surface area contributed by atoms with E-state index in [1.165, 1.54) is 50.5 Å². The molecule has 1 rings (SSSR count). The van der Waals surface area contributed by atoms with Gasteiger partial charge in [0.05, 0.1) is 13.2 Å². The first-order valence-electron chi connectivity index (χ1n) is 12.2. The molecule has 0 bridgehead atoms. The van der Waals surface area contributed by atoms with Crippen LogP contribution < -0.4 is 0 Å². The molecule has 0 saturated carbocycles. The summed E-state index contributed by atoms with van der Waals surface area (Å²) in [6.07, 6.45) is 14.8. The van der Waals surface area contributed by atoms with E-state index in [1.54, 1.807) is 7.11 Å². The number of benzene rings is 1. The van der Waals surface area contributed by atoms with Gasteiger partial charge >= 0.3 is 11.9 Å². The average molecular weight is 447 g/mol. The third kappa shape index (κ3) is 14.8. The number of rotatable bonds is 19. The van der Waals surface area contributed by atoms with Crippen molar-refractivity contribution < 1.29 is 23.8 Å². The molecular weight excluding hydrogens is 404 g/mol. The van der Waals surface area contributed by atoms with Gasteiger partial charge < -0.3 is 14.2 Å². The molecule has 0 aliphatic rings. The van der Waals surface area contributed by atoms with E-state index >= 15 is 0 Å². The fraction of sp³-hybridized carbons (Fsp3) is 0.630. The molecule has 0 amide bonds. The van der Waals surface area contributed by atoms with Crippen LogP contribution in [0.25, 0.3) is 0 Å².